The summed E-state index contributed by atoms with van der Waals surface area (Å²) in [6.07, 6.45) is 3.38. The number of hydrogen-bond acceptors (Lipinski definition) is 3. The molecule has 0 radical (unpaired) electrons. The molecule has 2 heterocycles. The summed E-state index contributed by atoms with van der Waals surface area (Å²) in [5.41, 5.74) is 3.33. The highest BCUT2D eigenvalue weighted by atomic mass is 16.5. The van der Waals surface area contributed by atoms with Gasteiger partial charge in [-0.3, -0.25) is 9.69 Å². The number of nitrogens with zero attached hydrogens (tertiary/aromatic N) is 2. The highest BCUT2D eigenvalue weighted by Crippen LogP contribution is 2.14. The molecule has 1 N–H and O–H groups in total. The van der Waals surface area contributed by atoms with Crippen LogP contribution in [-0.2, 0) is 16.0 Å². The first-order valence-corrected chi connectivity index (χ1v) is 9.02. The summed E-state index contributed by atoms with van der Waals surface area (Å²) in [6.45, 7) is 7.45. The van der Waals surface area contributed by atoms with Crippen molar-refractivity contribution in [3.63, 3.8) is 0 Å². The minimum Gasteiger partial charge on any atom is -0.379 e. The maximum Gasteiger partial charge on any atom is 0.225 e. The van der Waals surface area contributed by atoms with Crippen molar-refractivity contribution in [1.29, 1.82) is 0 Å². The molecule has 5 nitrogen and oxygen atoms in total. The fraction of sp³-hybridized carbons (Fsp3) is 0.450. The lowest BCUT2D eigenvalue weighted by molar-refractivity contribution is -0.120. The van der Waals surface area contributed by atoms with Crippen LogP contribution in [0.5, 0.6) is 0 Å². The predicted octanol–water partition coefficient (Wildman–Crippen LogP) is 2.17. The molecule has 0 bridgehead atoms. The van der Waals surface area contributed by atoms with Gasteiger partial charge in [0.25, 0.3) is 0 Å². The van der Waals surface area contributed by atoms with E-state index in [1.807, 2.05) is 18.3 Å². The van der Waals surface area contributed by atoms with Gasteiger partial charge in [-0.05, 0) is 44.2 Å². The third kappa shape index (κ3) is 5.18. The lowest BCUT2D eigenvalue weighted by Crippen LogP contribution is -2.38. The maximum atomic E-state index is 12.2. The monoisotopic (exact) mass is 341 g/mol. The second-order valence-corrected chi connectivity index (χ2v) is 6.54. The maximum absolute atomic E-state index is 12.2. The van der Waals surface area contributed by atoms with Crippen molar-refractivity contribution in [1.82, 2.24) is 14.8 Å². The van der Waals surface area contributed by atoms with Crippen molar-refractivity contribution >= 4 is 5.91 Å². The molecule has 3 rings (SSSR count). The number of aryl methyl sites for hydroxylation is 1. The average Bonchev–Trinajstić information content (AvgIpc) is 3.08. The molecule has 0 atom stereocenters. The first kappa shape index (κ1) is 17.7. The van der Waals surface area contributed by atoms with Gasteiger partial charge in [-0.2, -0.15) is 0 Å². The van der Waals surface area contributed by atoms with Gasteiger partial charge in [0.1, 0.15) is 0 Å². The fourth-order valence-corrected chi connectivity index (χ4v) is 3.10. The Hall–Kier alpha value is -2.11. The lowest BCUT2D eigenvalue weighted by atomic mass is 10.2. The summed E-state index contributed by atoms with van der Waals surface area (Å²) >= 11 is 0. The largest absolute Gasteiger partial charge is 0.379 e. The number of carbonyl (C=O) groups excluding carboxylic acids is 1. The minimum absolute atomic E-state index is 0.0778. The molecular weight excluding hydrogens is 314 g/mol. The average molecular weight is 341 g/mol. The highest BCUT2D eigenvalue weighted by molar-refractivity contribution is 5.78. The number of hydrogen-bond donors (Lipinski definition) is 1. The van der Waals surface area contributed by atoms with Crippen LogP contribution in [0.4, 0.5) is 0 Å². The van der Waals surface area contributed by atoms with Crippen LogP contribution in [-0.4, -0.2) is 54.8 Å². The van der Waals surface area contributed by atoms with Crippen LogP contribution < -0.4 is 5.32 Å². The van der Waals surface area contributed by atoms with Crippen LogP contribution >= 0.6 is 0 Å². The Labute approximate surface area is 149 Å². The summed E-state index contributed by atoms with van der Waals surface area (Å²) in [7, 11) is 0. The van der Waals surface area contributed by atoms with E-state index in [2.05, 4.69) is 46.0 Å². The SMILES string of the molecule is Cc1ccc(-n2cccc2CC(=O)NCCCN2CCOCC2)cc1. The quantitative estimate of drug-likeness (QED) is 0.785. The van der Waals surface area contributed by atoms with E-state index in [4.69, 9.17) is 4.74 Å². The normalized spacial score (nSPS) is 15.2. The Kier molecular flexibility index (Phi) is 6.25. The van der Waals surface area contributed by atoms with Crippen LogP contribution in [0.1, 0.15) is 17.7 Å². The van der Waals surface area contributed by atoms with E-state index in [0.717, 1.165) is 57.2 Å². The number of carbonyl (C=O) groups is 1. The molecular formula is C20H27N3O2. The zero-order valence-corrected chi connectivity index (χ0v) is 14.9. The number of nitrogens with one attached hydrogen (secondary N) is 1. The molecule has 0 unspecified atom stereocenters. The van der Waals surface area contributed by atoms with Gasteiger partial charge in [-0.25, -0.2) is 0 Å². The number of benzene rings is 1. The van der Waals surface area contributed by atoms with Crippen molar-refractivity contribution in [3.05, 3.63) is 53.9 Å². The van der Waals surface area contributed by atoms with Crippen LogP contribution in [0.25, 0.3) is 5.69 Å². The van der Waals surface area contributed by atoms with Gasteiger partial charge in [0, 0.05) is 37.2 Å². The van der Waals surface area contributed by atoms with Crippen molar-refractivity contribution in [2.24, 2.45) is 0 Å². The Morgan fingerprint density at radius 2 is 1.92 bits per heavy atom. The molecule has 134 valence electrons. The van der Waals surface area contributed by atoms with Crippen molar-refractivity contribution in [3.8, 4) is 5.69 Å². The molecule has 2 aromatic rings. The minimum atomic E-state index is 0.0778. The molecule has 1 aliphatic heterocycles. The van der Waals surface area contributed by atoms with Crippen LogP contribution in [0.3, 0.4) is 0 Å². The smallest absolute Gasteiger partial charge is 0.225 e. The van der Waals surface area contributed by atoms with Crippen LogP contribution in [0, 0.1) is 6.92 Å². The van der Waals surface area contributed by atoms with Crippen molar-refractivity contribution < 1.29 is 9.53 Å². The summed E-state index contributed by atoms with van der Waals surface area (Å²) in [6, 6.07) is 12.3. The van der Waals surface area contributed by atoms with Gasteiger partial charge in [-0.15, -0.1) is 0 Å². The third-order valence-electron chi connectivity index (χ3n) is 4.56. The topological polar surface area (TPSA) is 46.5 Å². The van der Waals surface area contributed by atoms with E-state index in [1.165, 1.54) is 5.56 Å². The molecule has 1 saturated heterocycles. The summed E-state index contributed by atoms with van der Waals surface area (Å²) in [4.78, 5) is 14.6. The molecule has 1 aromatic heterocycles. The number of rotatable bonds is 7. The van der Waals surface area contributed by atoms with Crippen molar-refractivity contribution in [2.45, 2.75) is 19.8 Å². The molecule has 5 heteroatoms. The zero-order valence-electron chi connectivity index (χ0n) is 14.9. The van der Waals surface area contributed by atoms with E-state index < -0.39 is 0 Å². The van der Waals surface area contributed by atoms with Gasteiger partial charge in [0.05, 0.1) is 19.6 Å². The van der Waals surface area contributed by atoms with Gasteiger partial charge in [-0.1, -0.05) is 17.7 Å². The van der Waals surface area contributed by atoms with Gasteiger partial charge in [0.15, 0.2) is 0 Å². The van der Waals surface area contributed by atoms with Crippen LogP contribution in [0.15, 0.2) is 42.6 Å². The molecule has 1 aromatic carbocycles. The van der Waals surface area contributed by atoms with Gasteiger partial charge < -0.3 is 14.6 Å². The Morgan fingerprint density at radius 3 is 2.68 bits per heavy atom. The molecule has 1 aliphatic rings. The Balaban J connectivity index is 1.45. The first-order chi connectivity index (χ1) is 12.2. The predicted molar refractivity (Wildman–Crippen MR) is 99.1 cm³/mol. The fourth-order valence-electron chi connectivity index (χ4n) is 3.10. The van der Waals surface area contributed by atoms with Crippen molar-refractivity contribution in [2.75, 3.05) is 39.4 Å². The summed E-state index contributed by atoms with van der Waals surface area (Å²) in [5, 5.41) is 3.04. The Morgan fingerprint density at radius 1 is 1.16 bits per heavy atom. The van der Waals surface area contributed by atoms with E-state index in [-0.39, 0.29) is 5.91 Å². The Bertz CT molecular complexity index is 673. The van der Waals surface area contributed by atoms with E-state index >= 15 is 0 Å². The molecule has 0 spiro atoms. The van der Waals surface area contributed by atoms with Gasteiger partial charge >= 0.3 is 0 Å². The van der Waals surface area contributed by atoms with Crippen LogP contribution in [0.2, 0.25) is 0 Å². The second kappa shape index (κ2) is 8.83. The highest BCUT2D eigenvalue weighted by Gasteiger charge is 2.11. The zero-order chi connectivity index (χ0) is 17.5. The number of ether oxygens (including phenoxy) is 1. The lowest BCUT2D eigenvalue weighted by Gasteiger charge is -2.26. The summed E-state index contributed by atoms with van der Waals surface area (Å²) in [5.74, 6) is 0.0778. The molecule has 0 saturated carbocycles. The first-order valence-electron chi connectivity index (χ1n) is 9.02. The molecule has 25 heavy (non-hydrogen) atoms. The third-order valence-corrected chi connectivity index (χ3v) is 4.56. The number of amides is 1. The van der Waals surface area contributed by atoms with E-state index in [0.29, 0.717) is 6.42 Å². The molecule has 1 fully saturated rings. The molecule has 0 aliphatic carbocycles. The standard InChI is InChI=1S/C20H27N3O2/c1-17-5-7-18(8-6-17)23-11-2-4-19(23)16-20(24)21-9-3-10-22-12-14-25-15-13-22/h2,4-8,11H,3,9-10,12-16H2,1H3,(H,21,24). The van der Waals surface area contributed by atoms with Gasteiger partial charge in [0.2, 0.25) is 5.91 Å². The second-order valence-electron chi connectivity index (χ2n) is 6.54. The van der Waals surface area contributed by atoms with E-state index in [9.17, 15) is 4.79 Å². The molecule has 1 amide bonds. The number of morpholine rings is 1. The number of aromatic nitrogens is 1. The van der Waals surface area contributed by atoms with E-state index in [1.54, 1.807) is 0 Å². The summed E-state index contributed by atoms with van der Waals surface area (Å²) < 4.78 is 7.42.